The van der Waals surface area contributed by atoms with E-state index in [1.54, 1.807) is 52.4 Å². The van der Waals surface area contributed by atoms with Crippen LogP contribution in [0.4, 0.5) is 19.7 Å². The number of piperidine rings is 1. The normalized spacial score (nSPS) is 25.2. The van der Waals surface area contributed by atoms with Gasteiger partial charge in [-0.25, -0.2) is 18.7 Å². The number of nitrogens with zero attached hydrogens (tertiary/aromatic N) is 9. The fourth-order valence-corrected chi connectivity index (χ4v) is 7.21. The second-order valence-corrected chi connectivity index (χ2v) is 14.1. The van der Waals surface area contributed by atoms with E-state index in [1.165, 1.54) is 11.0 Å². The monoisotopic (exact) mass is 671 g/mol. The molecule has 49 heavy (non-hydrogen) atoms. The summed E-state index contributed by atoms with van der Waals surface area (Å²) in [4.78, 5) is 49.6. The first kappa shape index (κ1) is 32.4. The molecule has 0 unspecified atom stereocenters. The summed E-state index contributed by atoms with van der Waals surface area (Å²) >= 11 is 0. The smallest absolute Gasteiger partial charge is 0.414 e. The highest BCUT2D eigenvalue weighted by Gasteiger charge is 2.71. The fourth-order valence-electron chi connectivity index (χ4n) is 7.21. The van der Waals surface area contributed by atoms with E-state index in [1.807, 2.05) is 30.6 Å². The molecule has 256 valence electrons. The van der Waals surface area contributed by atoms with Gasteiger partial charge in [0.1, 0.15) is 22.9 Å². The van der Waals surface area contributed by atoms with E-state index in [2.05, 4.69) is 21.4 Å². The predicted molar refractivity (Wildman–Crippen MR) is 172 cm³/mol. The third-order valence-corrected chi connectivity index (χ3v) is 9.80. The Labute approximate surface area is 283 Å². The minimum atomic E-state index is -0.782. The van der Waals surface area contributed by atoms with E-state index in [4.69, 9.17) is 9.47 Å². The Morgan fingerprint density at radius 1 is 1.08 bits per heavy atom. The number of carbonyl (C=O) groups excluding carboxylic acids is 3. The van der Waals surface area contributed by atoms with Crippen molar-refractivity contribution < 1.29 is 28.2 Å². The number of carbonyl (C=O) groups is 3. The maximum absolute atomic E-state index is 15.4. The van der Waals surface area contributed by atoms with Crippen LogP contribution in [0.3, 0.4) is 0 Å². The van der Waals surface area contributed by atoms with E-state index < -0.39 is 29.0 Å². The van der Waals surface area contributed by atoms with Crippen LogP contribution in [0.25, 0.3) is 11.1 Å². The van der Waals surface area contributed by atoms with Gasteiger partial charge in [0.2, 0.25) is 5.91 Å². The Balaban J connectivity index is 0.932. The lowest BCUT2D eigenvalue weighted by atomic mass is 9.95. The first-order valence-corrected chi connectivity index (χ1v) is 16.4. The highest BCUT2D eigenvalue weighted by atomic mass is 19.1. The van der Waals surface area contributed by atoms with Crippen molar-refractivity contribution in [1.82, 2.24) is 34.7 Å². The third-order valence-electron chi connectivity index (χ3n) is 9.80. The number of amides is 3. The predicted octanol–water partition coefficient (Wildman–Crippen LogP) is 2.91. The van der Waals surface area contributed by atoms with Crippen molar-refractivity contribution >= 4 is 23.8 Å². The van der Waals surface area contributed by atoms with Crippen LogP contribution in [0.2, 0.25) is 0 Å². The van der Waals surface area contributed by atoms with Gasteiger partial charge in [-0.3, -0.25) is 19.6 Å². The zero-order valence-corrected chi connectivity index (χ0v) is 27.7. The molecule has 7 rings (SSSR count). The van der Waals surface area contributed by atoms with Gasteiger partial charge in [-0.1, -0.05) is 11.3 Å². The molecule has 1 aliphatic carbocycles. The van der Waals surface area contributed by atoms with Crippen molar-refractivity contribution in [2.24, 2.45) is 11.8 Å². The first-order valence-electron chi connectivity index (χ1n) is 16.4. The summed E-state index contributed by atoms with van der Waals surface area (Å²) in [5.74, 6) is -0.542. The second kappa shape index (κ2) is 12.4. The summed E-state index contributed by atoms with van der Waals surface area (Å²) in [6.07, 6.45) is 3.45. The summed E-state index contributed by atoms with van der Waals surface area (Å²) in [6.45, 7) is 9.50. The molecule has 0 bridgehead atoms. The molecular formula is C34H38FN9O5. The van der Waals surface area contributed by atoms with Crippen molar-refractivity contribution in [2.75, 3.05) is 57.3 Å². The van der Waals surface area contributed by atoms with E-state index in [0.717, 1.165) is 0 Å². The van der Waals surface area contributed by atoms with Crippen LogP contribution in [0.1, 0.15) is 26.5 Å². The van der Waals surface area contributed by atoms with Crippen LogP contribution in [0.5, 0.6) is 0 Å². The van der Waals surface area contributed by atoms with Gasteiger partial charge in [0.15, 0.2) is 0 Å². The topological polar surface area (TPSA) is 150 Å². The molecule has 2 aromatic heterocycles. The zero-order chi connectivity index (χ0) is 34.5. The third kappa shape index (κ3) is 6.28. The van der Waals surface area contributed by atoms with E-state index >= 15 is 4.39 Å². The van der Waals surface area contributed by atoms with Crippen molar-refractivity contribution in [3.8, 4) is 17.2 Å². The summed E-state index contributed by atoms with van der Waals surface area (Å²) in [6, 6.07) is 10.6. The lowest BCUT2D eigenvalue weighted by molar-refractivity contribution is -0.132. The maximum Gasteiger partial charge on any atom is 0.414 e. The Morgan fingerprint density at radius 2 is 1.84 bits per heavy atom. The molecule has 0 spiro atoms. The maximum atomic E-state index is 15.4. The number of piperazine rings is 1. The van der Waals surface area contributed by atoms with Gasteiger partial charge >= 0.3 is 12.2 Å². The molecule has 0 N–H and O–H groups in total. The highest BCUT2D eigenvalue weighted by Crippen LogP contribution is 2.62. The minimum absolute atomic E-state index is 0.0138. The summed E-state index contributed by atoms with van der Waals surface area (Å²) in [7, 11) is 0. The number of rotatable bonds is 7. The van der Waals surface area contributed by atoms with E-state index in [-0.39, 0.29) is 36.9 Å². The molecule has 3 aliphatic heterocycles. The fraction of sp³-hybridized carbons (Fsp3) is 0.500. The number of ether oxygens (including phenoxy) is 2. The first-order chi connectivity index (χ1) is 23.4. The molecule has 14 nitrogen and oxygen atoms in total. The van der Waals surface area contributed by atoms with Crippen LogP contribution in [0, 0.1) is 29.0 Å². The van der Waals surface area contributed by atoms with Gasteiger partial charge < -0.3 is 19.3 Å². The average molecular weight is 672 g/mol. The summed E-state index contributed by atoms with van der Waals surface area (Å²) in [5, 5.41) is 17.9. The summed E-state index contributed by atoms with van der Waals surface area (Å²) < 4.78 is 27.8. The Hall–Kier alpha value is -5.10. The number of cyclic esters (lactones) is 1. The molecule has 4 aliphatic rings. The van der Waals surface area contributed by atoms with Gasteiger partial charge in [0, 0.05) is 74.6 Å². The van der Waals surface area contributed by atoms with Crippen LogP contribution in [-0.2, 0) is 26.2 Å². The molecule has 3 aromatic rings. The number of benzene rings is 1. The van der Waals surface area contributed by atoms with E-state index in [9.17, 15) is 19.6 Å². The molecule has 3 amide bonds. The van der Waals surface area contributed by atoms with Gasteiger partial charge in [-0.05, 0) is 45.0 Å². The van der Waals surface area contributed by atoms with Crippen molar-refractivity contribution in [3.63, 3.8) is 0 Å². The Morgan fingerprint density at radius 3 is 2.45 bits per heavy atom. The number of hydrogen-bond donors (Lipinski definition) is 0. The number of fused-ring (bicyclic) bond motifs is 1. The molecule has 1 aromatic carbocycles. The molecule has 4 atom stereocenters. The van der Waals surface area contributed by atoms with Crippen molar-refractivity contribution in [3.05, 3.63) is 60.4 Å². The van der Waals surface area contributed by atoms with Gasteiger partial charge in [0.05, 0.1) is 43.3 Å². The number of halogens is 1. The zero-order valence-electron chi connectivity index (χ0n) is 27.7. The molecule has 4 fully saturated rings. The van der Waals surface area contributed by atoms with Gasteiger partial charge in [-0.2, -0.15) is 5.26 Å². The van der Waals surface area contributed by atoms with Crippen molar-refractivity contribution in [2.45, 2.75) is 44.4 Å². The molecule has 3 saturated heterocycles. The molecule has 1 saturated carbocycles. The number of pyridine rings is 1. The Kier molecular flexibility index (Phi) is 8.22. The SMILES string of the molecule is CC(C)(C)OC(=O)N1CCN(CC(=O)N2C[C@@H]3[C@H](C2)[C@@]3(C#N)c2ccc(-c3ccc(N4C[C@H](Cn5ccnn5)OC4=O)cc3F)cn2)CC1. The van der Waals surface area contributed by atoms with Crippen LogP contribution in [0.15, 0.2) is 48.9 Å². The number of aromatic nitrogens is 4. The second-order valence-electron chi connectivity index (χ2n) is 14.1. The summed E-state index contributed by atoms with van der Waals surface area (Å²) in [5.41, 5.74) is 0.530. The number of likely N-dealkylation sites (tertiary alicyclic amines) is 1. The average Bonchev–Trinajstić information content (AvgIpc) is 3.57. The van der Waals surface area contributed by atoms with Crippen LogP contribution in [-0.4, -0.2) is 117 Å². The lowest BCUT2D eigenvalue weighted by Gasteiger charge is -2.36. The number of nitriles is 1. The quantitative estimate of drug-likeness (QED) is 0.367. The van der Waals surface area contributed by atoms with E-state index in [0.29, 0.717) is 68.3 Å². The van der Waals surface area contributed by atoms with Gasteiger partial charge in [0.25, 0.3) is 0 Å². The standard InChI is InChI=1S/C34H38FN9O5/c1-33(2,3)49-31(46)41-12-10-40(11-13-41)20-30(45)42-18-26-27(19-42)34(26,21-36)29-7-4-22(15-37-29)25-6-5-23(14-28(25)35)44-17-24(48-32(44)47)16-43-9-8-38-39-43/h4-9,14-15,24,26-27H,10-13,16-20H2,1-3H3/t24-,26-,27+,34+/m0/s1. The van der Waals surface area contributed by atoms with Crippen molar-refractivity contribution in [1.29, 1.82) is 5.26 Å². The van der Waals surface area contributed by atoms with Crippen LogP contribution >= 0.6 is 0 Å². The molecule has 0 radical (unpaired) electrons. The van der Waals surface area contributed by atoms with Gasteiger partial charge in [-0.15, -0.1) is 5.10 Å². The molecule has 5 heterocycles. The number of anilines is 1. The van der Waals surface area contributed by atoms with Crippen LogP contribution < -0.4 is 4.90 Å². The molecular weight excluding hydrogens is 633 g/mol. The molecule has 15 heteroatoms. The highest BCUT2D eigenvalue weighted by molar-refractivity contribution is 5.90. The number of hydrogen-bond acceptors (Lipinski definition) is 10. The lowest BCUT2D eigenvalue weighted by Crippen LogP contribution is -2.52. The largest absolute Gasteiger partial charge is 0.444 e. The Bertz CT molecular complexity index is 1770. The minimum Gasteiger partial charge on any atom is -0.444 e.